The molecule has 0 spiro atoms. The van der Waals surface area contributed by atoms with Gasteiger partial charge in [-0.2, -0.15) is 0 Å². The van der Waals surface area contributed by atoms with E-state index in [2.05, 4.69) is 13.8 Å². The summed E-state index contributed by atoms with van der Waals surface area (Å²) in [7, 11) is 3.47. The first kappa shape index (κ1) is 12.0. The molecule has 0 unspecified atom stereocenters. The van der Waals surface area contributed by atoms with Crippen molar-refractivity contribution in [2.75, 3.05) is 27.2 Å². The molecule has 0 bridgehead atoms. The van der Waals surface area contributed by atoms with Crippen LogP contribution in [0.2, 0.25) is 0 Å². The van der Waals surface area contributed by atoms with Crippen LogP contribution in [0.3, 0.4) is 0 Å². The summed E-state index contributed by atoms with van der Waals surface area (Å²) in [6.07, 6.45) is 0.379. The molecule has 2 amide bonds. The van der Waals surface area contributed by atoms with E-state index in [1.807, 2.05) is 0 Å². The fraction of sp³-hybridized carbons (Fsp3) is 0.818. The summed E-state index contributed by atoms with van der Waals surface area (Å²) in [5.74, 6) is 0.506. The topological polar surface area (TPSA) is 40.6 Å². The van der Waals surface area contributed by atoms with Crippen molar-refractivity contribution >= 4 is 11.8 Å². The molecule has 0 aromatic heterocycles. The Labute approximate surface area is 91.2 Å². The minimum atomic E-state index is -0.133. The van der Waals surface area contributed by atoms with Crippen LogP contribution in [0.1, 0.15) is 20.3 Å². The van der Waals surface area contributed by atoms with Gasteiger partial charge >= 0.3 is 0 Å². The molecular formula is C11H20N2O2. The van der Waals surface area contributed by atoms with E-state index in [1.54, 1.807) is 23.9 Å². The van der Waals surface area contributed by atoms with Gasteiger partial charge in [-0.1, -0.05) is 13.8 Å². The summed E-state index contributed by atoms with van der Waals surface area (Å²) in [6, 6.07) is 0. The van der Waals surface area contributed by atoms with Crippen LogP contribution in [-0.4, -0.2) is 48.8 Å². The van der Waals surface area contributed by atoms with Gasteiger partial charge in [-0.15, -0.1) is 0 Å². The Bertz CT molecular complexity index is 261. The molecule has 0 aromatic rings. The number of hydrogen-bond donors (Lipinski definition) is 0. The molecule has 0 aliphatic carbocycles. The second-order valence-corrected chi connectivity index (χ2v) is 4.83. The number of likely N-dealkylation sites (tertiary alicyclic amines) is 1. The van der Waals surface area contributed by atoms with Crippen molar-refractivity contribution in [1.29, 1.82) is 0 Å². The Kier molecular flexibility index (Phi) is 3.72. The van der Waals surface area contributed by atoms with Gasteiger partial charge in [0.2, 0.25) is 11.8 Å². The van der Waals surface area contributed by atoms with Gasteiger partial charge in [0.05, 0.1) is 5.92 Å². The summed E-state index contributed by atoms with van der Waals surface area (Å²) >= 11 is 0. The highest BCUT2D eigenvalue weighted by Crippen LogP contribution is 2.20. The lowest BCUT2D eigenvalue weighted by molar-refractivity contribution is -0.133. The highest BCUT2D eigenvalue weighted by atomic mass is 16.2. The zero-order chi connectivity index (χ0) is 11.6. The molecule has 4 nitrogen and oxygen atoms in total. The van der Waals surface area contributed by atoms with Gasteiger partial charge in [-0.3, -0.25) is 9.59 Å². The average Bonchev–Trinajstić information content (AvgIpc) is 2.45. The monoisotopic (exact) mass is 212 g/mol. The third-order valence-corrected chi connectivity index (χ3v) is 2.59. The zero-order valence-corrected chi connectivity index (χ0v) is 9.99. The molecular weight excluding hydrogens is 192 g/mol. The van der Waals surface area contributed by atoms with Crippen LogP contribution in [0.4, 0.5) is 0 Å². The molecule has 1 saturated heterocycles. The van der Waals surface area contributed by atoms with Crippen LogP contribution < -0.4 is 0 Å². The maximum absolute atomic E-state index is 11.7. The molecule has 1 heterocycles. The Morgan fingerprint density at radius 2 is 2.13 bits per heavy atom. The largest absolute Gasteiger partial charge is 0.349 e. The van der Waals surface area contributed by atoms with Crippen molar-refractivity contribution in [1.82, 2.24) is 9.80 Å². The molecule has 0 N–H and O–H groups in total. The summed E-state index contributed by atoms with van der Waals surface area (Å²) < 4.78 is 0. The lowest BCUT2D eigenvalue weighted by Gasteiger charge is -2.19. The second-order valence-electron chi connectivity index (χ2n) is 4.83. The molecule has 1 fully saturated rings. The van der Waals surface area contributed by atoms with E-state index < -0.39 is 0 Å². The van der Waals surface area contributed by atoms with Gasteiger partial charge in [0, 0.05) is 33.6 Å². The maximum atomic E-state index is 11.7. The second kappa shape index (κ2) is 4.64. The average molecular weight is 212 g/mol. The number of amides is 2. The molecule has 1 rings (SSSR count). The Morgan fingerprint density at radius 3 is 2.60 bits per heavy atom. The number of rotatable bonds is 3. The summed E-state index contributed by atoms with van der Waals surface area (Å²) in [5.41, 5.74) is 0. The fourth-order valence-corrected chi connectivity index (χ4v) is 1.92. The Balaban J connectivity index is 2.56. The van der Waals surface area contributed by atoms with Crippen molar-refractivity contribution in [3.05, 3.63) is 0 Å². The van der Waals surface area contributed by atoms with Crippen molar-refractivity contribution in [3.8, 4) is 0 Å². The van der Waals surface area contributed by atoms with Crippen molar-refractivity contribution < 1.29 is 9.59 Å². The van der Waals surface area contributed by atoms with Crippen LogP contribution >= 0.6 is 0 Å². The number of carbonyl (C=O) groups is 2. The molecule has 0 saturated carbocycles. The normalized spacial score (nSPS) is 21.3. The number of nitrogens with zero attached hydrogens (tertiary/aromatic N) is 2. The maximum Gasteiger partial charge on any atom is 0.227 e. The van der Waals surface area contributed by atoms with E-state index in [-0.39, 0.29) is 17.7 Å². The van der Waals surface area contributed by atoms with Crippen molar-refractivity contribution in [2.24, 2.45) is 11.8 Å². The third kappa shape index (κ3) is 2.94. The molecule has 15 heavy (non-hydrogen) atoms. The first-order valence-electron chi connectivity index (χ1n) is 5.40. The minimum Gasteiger partial charge on any atom is -0.349 e. The van der Waals surface area contributed by atoms with E-state index in [0.717, 1.165) is 6.54 Å². The lowest BCUT2D eigenvalue weighted by Crippen LogP contribution is -2.33. The van der Waals surface area contributed by atoms with Gasteiger partial charge < -0.3 is 9.80 Å². The summed E-state index contributed by atoms with van der Waals surface area (Å²) in [6.45, 7) is 5.51. The van der Waals surface area contributed by atoms with Gasteiger partial charge in [0.1, 0.15) is 0 Å². The highest BCUT2D eigenvalue weighted by Gasteiger charge is 2.34. The minimum absolute atomic E-state index is 0.0645. The first-order valence-corrected chi connectivity index (χ1v) is 5.40. The smallest absolute Gasteiger partial charge is 0.227 e. The molecule has 86 valence electrons. The van der Waals surface area contributed by atoms with Gasteiger partial charge in [-0.25, -0.2) is 0 Å². The SMILES string of the molecule is CC(C)CN1C[C@H](C(=O)N(C)C)CC1=O. The van der Waals surface area contributed by atoms with Crippen LogP contribution in [-0.2, 0) is 9.59 Å². The van der Waals surface area contributed by atoms with E-state index in [0.29, 0.717) is 18.9 Å². The molecule has 0 aromatic carbocycles. The molecule has 1 atom stereocenters. The van der Waals surface area contributed by atoms with Crippen LogP contribution in [0.25, 0.3) is 0 Å². The quantitative estimate of drug-likeness (QED) is 0.686. The standard InChI is InChI=1S/C11H20N2O2/c1-8(2)6-13-7-9(5-10(13)14)11(15)12(3)4/h8-9H,5-7H2,1-4H3/t9-/m1/s1. The predicted molar refractivity (Wildman–Crippen MR) is 58.2 cm³/mol. The van der Waals surface area contributed by atoms with Crippen molar-refractivity contribution in [3.63, 3.8) is 0 Å². The molecule has 0 radical (unpaired) electrons. The van der Waals surface area contributed by atoms with Crippen LogP contribution in [0.5, 0.6) is 0 Å². The Hall–Kier alpha value is -1.06. The fourth-order valence-electron chi connectivity index (χ4n) is 1.92. The van der Waals surface area contributed by atoms with E-state index in [1.165, 1.54) is 0 Å². The number of carbonyl (C=O) groups excluding carboxylic acids is 2. The first-order chi connectivity index (χ1) is 6.91. The zero-order valence-electron chi connectivity index (χ0n) is 9.99. The van der Waals surface area contributed by atoms with E-state index in [4.69, 9.17) is 0 Å². The molecule has 1 aliphatic rings. The van der Waals surface area contributed by atoms with Gasteiger partial charge in [0.25, 0.3) is 0 Å². The van der Waals surface area contributed by atoms with Gasteiger partial charge in [0.15, 0.2) is 0 Å². The van der Waals surface area contributed by atoms with Crippen molar-refractivity contribution in [2.45, 2.75) is 20.3 Å². The summed E-state index contributed by atoms with van der Waals surface area (Å²) in [4.78, 5) is 26.6. The van der Waals surface area contributed by atoms with E-state index >= 15 is 0 Å². The molecule has 1 aliphatic heterocycles. The molecule has 4 heteroatoms. The predicted octanol–water partition coefficient (Wildman–Crippen LogP) is 0.579. The lowest BCUT2D eigenvalue weighted by atomic mass is 10.1. The van der Waals surface area contributed by atoms with Crippen LogP contribution in [0.15, 0.2) is 0 Å². The van der Waals surface area contributed by atoms with Crippen LogP contribution in [0, 0.1) is 11.8 Å². The Morgan fingerprint density at radius 1 is 1.53 bits per heavy atom. The van der Waals surface area contributed by atoms with Gasteiger partial charge in [-0.05, 0) is 5.92 Å². The third-order valence-electron chi connectivity index (χ3n) is 2.59. The van der Waals surface area contributed by atoms with E-state index in [9.17, 15) is 9.59 Å². The number of hydrogen-bond acceptors (Lipinski definition) is 2. The summed E-state index contributed by atoms with van der Waals surface area (Å²) in [5, 5.41) is 0. The highest BCUT2D eigenvalue weighted by molar-refractivity contribution is 5.89.